The van der Waals surface area contributed by atoms with Gasteiger partial charge in [0.25, 0.3) is 5.91 Å². The number of nitrogens with one attached hydrogen (secondary N) is 2. The molecule has 41 heavy (non-hydrogen) atoms. The number of hydrogen-bond acceptors (Lipinski definition) is 4. The summed E-state index contributed by atoms with van der Waals surface area (Å²) in [4.78, 5) is 54.9. The average molecular weight is 620 g/mol. The van der Waals surface area contributed by atoms with Crippen LogP contribution in [0.25, 0.3) is 10.8 Å². The minimum Gasteiger partial charge on any atom is -0.353 e. The van der Waals surface area contributed by atoms with Crippen LogP contribution in [0.3, 0.4) is 0 Å². The predicted octanol–water partition coefficient (Wildman–Crippen LogP) is 4.09. The lowest BCUT2D eigenvalue weighted by molar-refractivity contribution is -0.137. The molecular weight excluding hydrogens is 584 g/mol. The summed E-state index contributed by atoms with van der Waals surface area (Å²) in [5.41, 5.74) is 1.49. The molecule has 1 fully saturated rings. The summed E-state index contributed by atoms with van der Waals surface area (Å²) < 4.78 is 0.836. The van der Waals surface area contributed by atoms with Crippen molar-refractivity contribution in [1.82, 2.24) is 20.4 Å². The zero-order valence-corrected chi connectivity index (χ0v) is 24.6. The van der Waals surface area contributed by atoms with Crippen molar-refractivity contribution >= 4 is 50.3 Å². The molecule has 0 spiro atoms. The van der Waals surface area contributed by atoms with E-state index in [4.69, 9.17) is 0 Å². The monoisotopic (exact) mass is 618 g/mol. The molecule has 3 aromatic rings. The zero-order valence-electron chi connectivity index (χ0n) is 23.0. The molecule has 1 aliphatic rings. The molecule has 214 valence electrons. The summed E-state index contributed by atoms with van der Waals surface area (Å²) in [5.74, 6) is -0.679. The van der Waals surface area contributed by atoms with E-state index in [1.54, 1.807) is 9.80 Å². The Hall–Kier alpha value is -3.98. The molecule has 0 saturated carbocycles. The minimum absolute atomic E-state index is 0.0474. The van der Waals surface area contributed by atoms with Crippen LogP contribution in [0.2, 0.25) is 0 Å². The number of piperazine rings is 1. The first-order valence-electron chi connectivity index (χ1n) is 13.9. The van der Waals surface area contributed by atoms with Crippen LogP contribution in [0.15, 0.2) is 83.9 Å². The van der Waals surface area contributed by atoms with Crippen molar-refractivity contribution in [2.75, 3.05) is 32.7 Å². The van der Waals surface area contributed by atoms with Crippen molar-refractivity contribution in [3.8, 4) is 0 Å². The normalized spacial score (nSPS) is 13.9. The van der Waals surface area contributed by atoms with Crippen LogP contribution in [0, 0.1) is 0 Å². The topological polar surface area (TPSA) is 98.8 Å². The van der Waals surface area contributed by atoms with Crippen LogP contribution in [0.4, 0.5) is 0 Å². The summed E-state index contributed by atoms with van der Waals surface area (Å²) in [6.45, 7) is 5.52. The molecule has 4 amide bonds. The number of carbonyl (C=O) groups excluding carboxylic acids is 4. The first kappa shape index (κ1) is 30.0. The molecule has 0 unspecified atom stereocenters. The lowest BCUT2D eigenvalue weighted by Gasteiger charge is -2.36. The van der Waals surface area contributed by atoms with E-state index in [-0.39, 0.29) is 30.0 Å². The highest BCUT2D eigenvalue weighted by atomic mass is 79.9. The summed E-state index contributed by atoms with van der Waals surface area (Å²) in [6.07, 6.45) is 3.12. The van der Waals surface area contributed by atoms with Crippen LogP contribution in [-0.2, 0) is 20.8 Å². The van der Waals surface area contributed by atoms with Crippen molar-refractivity contribution in [2.24, 2.45) is 0 Å². The maximum Gasteiger partial charge on any atom is 0.254 e. The smallest absolute Gasteiger partial charge is 0.254 e. The fourth-order valence-corrected chi connectivity index (χ4v) is 5.43. The second kappa shape index (κ2) is 14.6. The van der Waals surface area contributed by atoms with E-state index >= 15 is 0 Å². The SMILES string of the molecule is C=CC(=O)NCCCC[C@H](NC(=O)Cc1ccccc1Br)C(=O)N1CCN(C(=O)c2cccc3ccccc23)CC1. The van der Waals surface area contributed by atoms with Crippen LogP contribution in [0.5, 0.6) is 0 Å². The van der Waals surface area contributed by atoms with Gasteiger partial charge in [-0.1, -0.05) is 77.1 Å². The third-order valence-corrected chi connectivity index (χ3v) is 8.02. The molecule has 0 bridgehead atoms. The molecule has 3 aromatic carbocycles. The van der Waals surface area contributed by atoms with Crippen molar-refractivity contribution < 1.29 is 19.2 Å². The number of unbranched alkanes of at least 4 members (excludes halogenated alkanes) is 1. The molecule has 4 rings (SSSR count). The minimum atomic E-state index is -0.694. The second-order valence-electron chi connectivity index (χ2n) is 10.0. The highest BCUT2D eigenvalue weighted by Gasteiger charge is 2.30. The van der Waals surface area contributed by atoms with E-state index in [9.17, 15) is 19.2 Å². The molecule has 0 aliphatic carbocycles. The summed E-state index contributed by atoms with van der Waals surface area (Å²) in [7, 11) is 0. The van der Waals surface area contributed by atoms with Crippen molar-refractivity contribution in [3.05, 3.63) is 95.0 Å². The molecule has 2 N–H and O–H groups in total. The van der Waals surface area contributed by atoms with E-state index in [0.29, 0.717) is 57.5 Å². The van der Waals surface area contributed by atoms with Gasteiger partial charge in [-0.3, -0.25) is 19.2 Å². The van der Waals surface area contributed by atoms with Gasteiger partial charge in [-0.05, 0) is 53.8 Å². The summed E-state index contributed by atoms with van der Waals surface area (Å²) in [6, 6.07) is 20.3. The maximum atomic E-state index is 13.6. The Kier molecular flexibility index (Phi) is 10.7. The van der Waals surface area contributed by atoms with Crippen LogP contribution in [-0.4, -0.2) is 72.2 Å². The lowest BCUT2D eigenvalue weighted by Crippen LogP contribution is -2.56. The van der Waals surface area contributed by atoms with Gasteiger partial charge in [-0.25, -0.2) is 0 Å². The van der Waals surface area contributed by atoms with Crippen LogP contribution in [0.1, 0.15) is 35.2 Å². The Morgan fingerprint density at radius 3 is 2.32 bits per heavy atom. The number of halogens is 1. The fourth-order valence-electron chi connectivity index (χ4n) is 5.01. The molecule has 1 heterocycles. The fraction of sp³-hybridized carbons (Fsp3) is 0.312. The standard InChI is InChI=1S/C32H35BrN4O4/c1-2-29(38)34-17-8-7-16-28(35-30(39)22-24-11-4-6-15-27(24)33)32(41)37-20-18-36(19-21-37)31(40)26-14-9-12-23-10-3-5-13-25(23)26/h2-6,9-15,28H,1,7-8,16-22H2,(H,34,38)(H,35,39)/t28-/m0/s1. The first-order chi connectivity index (χ1) is 19.9. The molecule has 9 heteroatoms. The Balaban J connectivity index is 1.38. The number of nitrogens with zero attached hydrogens (tertiary/aromatic N) is 2. The summed E-state index contributed by atoms with van der Waals surface area (Å²) >= 11 is 3.48. The van der Waals surface area contributed by atoms with Gasteiger partial charge in [0.05, 0.1) is 6.42 Å². The first-order valence-corrected chi connectivity index (χ1v) is 14.7. The molecule has 8 nitrogen and oxygen atoms in total. The average Bonchev–Trinajstić information content (AvgIpc) is 3.00. The van der Waals surface area contributed by atoms with Gasteiger partial charge in [0, 0.05) is 42.8 Å². The second-order valence-corrected chi connectivity index (χ2v) is 10.9. The number of carbonyl (C=O) groups is 4. The number of hydrogen-bond donors (Lipinski definition) is 2. The Morgan fingerprint density at radius 2 is 1.56 bits per heavy atom. The third kappa shape index (κ3) is 8.04. The Labute approximate surface area is 248 Å². The Morgan fingerprint density at radius 1 is 0.878 bits per heavy atom. The summed E-state index contributed by atoms with van der Waals surface area (Å²) in [5, 5.41) is 7.61. The van der Waals surface area contributed by atoms with Gasteiger partial charge in [-0.2, -0.15) is 0 Å². The van der Waals surface area contributed by atoms with Crippen molar-refractivity contribution in [3.63, 3.8) is 0 Å². The number of benzene rings is 3. The van der Waals surface area contributed by atoms with E-state index in [1.807, 2.05) is 66.7 Å². The molecule has 0 radical (unpaired) electrons. The van der Waals surface area contributed by atoms with E-state index in [0.717, 1.165) is 20.8 Å². The van der Waals surface area contributed by atoms with Gasteiger partial charge in [0.1, 0.15) is 6.04 Å². The molecule has 0 aromatic heterocycles. The van der Waals surface area contributed by atoms with E-state index < -0.39 is 6.04 Å². The van der Waals surface area contributed by atoms with Gasteiger partial charge >= 0.3 is 0 Å². The third-order valence-electron chi connectivity index (χ3n) is 7.24. The van der Waals surface area contributed by atoms with E-state index in [1.165, 1.54) is 6.08 Å². The Bertz CT molecular complexity index is 1410. The predicted molar refractivity (Wildman–Crippen MR) is 163 cm³/mol. The maximum absolute atomic E-state index is 13.6. The molecule has 1 atom stereocenters. The highest BCUT2D eigenvalue weighted by Crippen LogP contribution is 2.21. The molecule has 1 saturated heterocycles. The van der Waals surface area contributed by atoms with Gasteiger partial charge in [-0.15, -0.1) is 0 Å². The molecule has 1 aliphatic heterocycles. The quantitative estimate of drug-likeness (QED) is 0.250. The van der Waals surface area contributed by atoms with E-state index in [2.05, 4.69) is 33.1 Å². The number of amides is 4. The van der Waals surface area contributed by atoms with Gasteiger partial charge in [0.15, 0.2) is 0 Å². The highest BCUT2D eigenvalue weighted by molar-refractivity contribution is 9.10. The van der Waals surface area contributed by atoms with Crippen LogP contribution < -0.4 is 10.6 Å². The van der Waals surface area contributed by atoms with Crippen molar-refractivity contribution in [1.29, 1.82) is 0 Å². The van der Waals surface area contributed by atoms with Crippen molar-refractivity contribution in [2.45, 2.75) is 31.7 Å². The lowest BCUT2D eigenvalue weighted by atomic mass is 10.0. The number of fused-ring (bicyclic) bond motifs is 1. The van der Waals surface area contributed by atoms with Gasteiger partial charge in [0.2, 0.25) is 17.7 Å². The van der Waals surface area contributed by atoms with Crippen LogP contribution >= 0.6 is 15.9 Å². The largest absolute Gasteiger partial charge is 0.353 e. The number of rotatable bonds is 11. The van der Waals surface area contributed by atoms with Gasteiger partial charge < -0.3 is 20.4 Å². The molecular formula is C32H35BrN4O4. The zero-order chi connectivity index (χ0) is 29.2.